The van der Waals surface area contributed by atoms with Crippen LogP contribution in [0.2, 0.25) is 10.0 Å². The van der Waals surface area contributed by atoms with E-state index < -0.39 is 22.9 Å². The Kier molecular flexibility index (Phi) is 3.38. The van der Waals surface area contributed by atoms with Crippen LogP contribution in [0.5, 0.6) is 5.88 Å². The van der Waals surface area contributed by atoms with E-state index in [1.807, 2.05) is 0 Å². The SMILES string of the molecule is Cc1ccc(Cl)c(-n2c(O)c(F)c(=O)[nH]c2=O)c1Cl. The first-order valence-corrected chi connectivity index (χ1v) is 5.79. The Labute approximate surface area is 115 Å². The average Bonchev–Trinajstić information content (AvgIpc) is 2.35. The van der Waals surface area contributed by atoms with Gasteiger partial charge in [0.2, 0.25) is 11.7 Å². The van der Waals surface area contributed by atoms with Gasteiger partial charge in [-0.05, 0) is 18.6 Å². The van der Waals surface area contributed by atoms with Crippen molar-refractivity contribution in [2.24, 2.45) is 0 Å². The minimum absolute atomic E-state index is 0.0273. The van der Waals surface area contributed by atoms with Crippen LogP contribution < -0.4 is 11.2 Å². The second-order valence-corrected chi connectivity index (χ2v) is 4.54. The van der Waals surface area contributed by atoms with Crippen LogP contribution >= 0.6 is 23.2 Å². The maximum Gasteiger partial charge on any atom is 0.336 e. The molecule has 0 aliphatic carbocycles. The minimum Gasteiger partial charge on any atom is -0.492 e. The molecule has 0 radical (unpaired) electrons. The number of nitrogens with zero attached hydrogens (tertiary/aromatic N) is 1. The second kappa shape index (κ2) is 4.71. The molecule has 0 saturated heterocycles. The third-order valence-corrected chi connectivity index (χ3v) is 3.30. The molecule has 0 saturated carbocycles. The van der Waals surface area contributed by atoms with E-state index in [0.717, 1.165) is 0 Å². The smallest absolute Gasteiger partial charge is 0.336 e. The van der Waals surface area contributed by atoms with Crippen LogP contribution in [0, 0.1) is 12.7 Å². The summed E-state index contributed by atoms with van der Waals surface area (Å²) in [6, 6.07) is 3.03. The molecule has 0 amide bonds. The molecule has 1 aromatic heterocycles. The van der Waals surface area contributed by atoms with Gasteiger partial charge in [-0.25, -0.2) is 9.36 Å². The average molecular weight is 305 g/mol. The maximum atomic E-state index is 13.4. The van der Waals surface area contributed by atoms with E-state index in [-0.39, 0.29) is 15.7 Å². The van der Waals surface area contributed by atoms with E-state index in [4.69, 9.17) is 23.2 Å². The molecule has 1 aromatic carbocycles. The lowest BCUT2D eigenvalue weighted by Gasteiger charge is -2.13. The Bertz CT molecular complexity index is 783. The predicted molar refractivity (Wildman–Crippen MR) is 69.0 cm³/mol. The van der Waals surface area contributed by atoms with Crippen molar-refractivity contribution in [1.29, 1.82) is 0 Å². The first-order valence-electron chi connectivity index (χ1n) is 5.03. The zero-order chi connectivity index (χ0) is 14.3. The molecule has 1 heterocycles. The van der Waals surface area contributed by atoms with Crippen molar-refractivity contribution in [3.8, 4) is 11.6 Å². The molecule has 0 aliphatic heterocycles. The van der Waals surface area contributed by atoms with E-state index in [1.165, 1.54) is 6.07 Å². The van der Waals surface area contributed by atoms with E-state index in [1.54, 1.807) is 18.0 Å². The van der Waals surface area contributed by atoms with Gasteiger partial charge in [0.1, 0.15) is 0 Å². The minimum atomic E-state index is -1.49. The number of benzene rings is 1. The van der Waals surface area contributed by atoms with Gasteiger partial charge >= 0.3 is 5.69 Å². The number of hydrogen-bond acceptors (Lipinski definition) is 3. The fourth-order valence-corrected chi connectivity index (χ4v) is 2.10. The standard InChI is InChI=1S/C11H7Cl2FN2O3/c1-4-2-3-5(12)8(6(4)13)16-10(18)7(14)9(17)15-11(16)19/h2-3,18H,1H3,(H,15,17,19). The van der Waals surface area contributed by atoms with Crippen molar-refractivity contribution >= 4 is 23.2 Å². The Morgan fingerprint density at radius 1 is 1.32 bits per heavy atom. The van der Waals surface area contributed by atoms with E-state index in [9.17, 15) is 19.1 Å². The quantitative estimate of drug-likeness (QED) is 0.846. The third-order valence-electron chi connectivity index (χ3n) is 2.51. The molecular weight excluding hydrogens is 298 g/mol. The Morgan fingerprint density at radius 3 is 2.58 bits per heavy atom. The zero-order valence-corrected chi connectivity index (χ0v) is 11.0. The van der Waals surface area contributed by atoms with Gasteiger partial charge in [-0.15, -0.1) is 0 Å². The molecular formula is C11H7Cl2FN2O3. The van der Waals surface area contributed by atoms with Crippen molar-refractivity contribution in [3.63, 3.8) is 0 Å². The van der Waals surface area contributed by atoms with Gasteiger partial charge in [0.25, 0.3) is 5.56 Å². The van der Waals surface area contributed by atoms with E-state index in [0.29, 0.717) is 10.1 Å². The number of halogens is 3. The highest BCUT2D eigenvalue weighted by Crippen LogP contribution is 2.32. The highest BCUT2D eigenvalue weighted by atomic mass is 35.5. The van der Waals surface area contributed by atoms with Crippen LogP contribution in [0.15, 0.2) is 21.7 Å². The maximum absolute atomic E-state index is 13.4. The van der Waals surface area contributed by atoms with Crippen LogP contribution in [0.4, 0.5) is 4.39 Å². The van der Waals surface area contributed by atoms with Crippen LogP contribution in [-0.4, -0.2) is 14.7 Å². The second-order valence-electron chi connectivity index (χ2n) is 3.76. The third kappa shape index (κ3) is 2.13. The largest absolute Gasteiger partial charge is 0.492 e. The molecule has 0 atom stereocenters. The molecule has 0 unspecified atom stereocenters. The van der Waals surface area contributed by atoms with Gasteiger partial charge in [-0.2, -0.15) is 4.39 Å². The topological polar surface area (TPSA) is 75.1 Å². The molecule has 0 aliphatic rings. The van der Waals surface area contributed by atoms with Gasteiger partial charge < -0.3 is 5.11 Å². The fraction of sp³-hybridized carbons (Fsp3) is 0.0909. The molecule has 2 aromatic rings. The summed E-state index contributed by atoms with van der Waals surface area (Å²) >= 11 is 11.9. The van der Waals surface area contributed by atoms with Gasteiger partial charge in [0.15, 0.2) is 0 Å². The van der Waals surface area contributed by atoms with Crippen molar-refractivity contribution < 1.29 is 9.50 Å². The van der Waals surface area contributed by atoms with Crippen LogP contribution in [-0.2, 0) is 0 Å². The summed E-state index contributed by atoms with van der Waals surface area (Å²) in [5.74, 6) is -2.64. The molecule has 100 valence electrons. The number of aryl methyl sites for hydroxylation is 1. The zero-order valence-electron chi connectivity index (χ0n) is 9.50. The summed E-state index contributed by atoms with van der Waals surface area (Å²) in [6.45, 7) is 1.65. The number of aromatic nitrogens is 2. The Hall–Kier alpha value is -1.79. The molecule has 19 heavy (non-hydrogen) atoms. The highest BCUT2D eigenvalue weighted by molar-refractivity contribution is 6.38. The van der Waals surface area contributed by atoms with Gasteiger partial charge in [0, 0.05) is 0 Å². The number of H-pyrrole nitrogens is 1. The molecule has 2 rings (SSSR count). The Balaban J connectivity index is 2.96. The van der Waals surface area contributed by atoms with Crippen LogP contribution in [0.25, 0.3) is 5.69 Å². The van der Waals surface area contributed by atoms with E-state index >= 15 is 0 Å². The molecule has 2 N–H and O–H groups in total. The summed E-state index contributed by atoms with van der Waals surface area (Å²) in [5.41, 5.74) is -1.89. The summed E-state index contributed by atoms with van der Waals surface area (Å²) < 4.78 is 13.9. The summed E-state index contributed by atoms with van der Waals surface area (Å²) in [5, 5.41) is 9.70. The molecule has 0 fully saturated rings. The normalized spacial score (nSPS) is 10.7. The van der Waals surface area contributed by atoms with Crippen LogP contribution in [0.3, 0.4) is 0 Å². The first-order chi connectivity index (χ1) is 8.84. The van der Waals surface area contributed by atoms with Crippen molar-refractivity contribution in [1.82, 2.24) is 9.55 Å². The predicted octanol–water partition coefficient (Wildman–Crippen LogP) is 1.99. The number of aromatic amines is 1. The molecule has 8 heteroatoms. The fourth-order valence-electron chi connectivity index (χ4n) is 1.56. The lowest BCUT2D eigenvalue weighted by Crippen LogP contribution is -2.31. The van der Waals surface area contributed by atoms with Gasteiger partial charge in [-0.1, -0.05) is 29.3 Å². The lowest BCUT2D eigenvalue weighted by molar-refractivity contribution is 0.386. The summed E-state index contributed by atoms with van der Waals surface area (Å²) in [6.07, 6.45) is 0. The Morgan fingerprint density at radius 2 is 1.95 bits per heavy atom. The first kappa shape index (κ1) is 13.6. The van der Waals surface area contributed by atoms with Crippen LogP contribution in [0.1, 0.15) is 5.56 Å². The number of nitrogens with one attached hydrogen (secondary N) is 1. The van der Waals surface area contributed by atoms with Gasteiger partial charge in [0.05, 0.1) is 15.7 Å². The monoisotopic (exact) mass is 304 g/mol. The highest BCUT2D eigenvalue weighted by Gasteiger charge is 2.20. The number of rotatable bonds is 1. The number of aromatic hydroxyl groups is 1. The summed E-state index contributed by atoms with van der Waals surface area (Å²) in [7, 11) is 0. The summed E-state index contributed by atoms with van der Waals surface area (Å²) in [4.78, 5) is 24.4. The lowest BCUT2D eigenvalue weighted by atomic mass is 10.2. The van der Waals surface area contributed by atoms with Gasteiger partial charge in [-0.3, -0.25) is 9.78 Å². The molecule has 5 nitrogen and oxygen atoms in total. The molecule has 0 spiro atoms. The van der Waals surface area contributed by atoms with E-state index in [2.05, 4.69) is 0 Å². The van der Waals surface area contributed by atoms with Crippen molar-refractivity contribution in [2.45, 2.75) is 6.92 Å². The van der Waals surface area contributed by atoms with Crippen molar-refractivity contribution in [3.05, 3.63) is 54.4 Å². The molecule has 0 bridgehead atoms. The number of hydrogen-bond donors (Lipinski definition) is 2. The van der Waals surface area contributed by atoms with Crippen molar-refractivity contribution in [2.75, 3.05) is 0 Å².